The van der Waals surface area contributed by atoms with Crippen LogP contribution in [0.15, 0.2) is 18.2 Å². The molecule has 1 rings (SSSR count). The van der Waals surface area contributed by atoms with E-state index < -0.39 is 11.9 Å². The van der Waals surface area contributed by atoms with Gasteiger partial charge >= 0.3 is 0 Å². The highest BCUT2D eigenvalue weighted by molar-refractivity contribution is 5.34. The summed E-state index contributed by atoms with van der Waals surface area (Å²) in [5.74, 6) is 0.308. The molecule has 1 aromatic rings. The van der Waals surface area contributed by atoms with Crippen LogP contribution in [0.3, 0.4) is 0 Å². The highest BCUT2D eigenvalue weighted by Crippen LogP contribution is 2.22. The van der Waals surface area contributed by atoms with Gasteiger partial charge in [0.15, 0.2) is 11.6 Å². The molecule has 0 saturated heterocycles. The summed E-state index contributed by atoms with van der Waals surface area (Å²) in [6.45, 7) is 8.18. The second kappa shape index (κ2) is 9.71. The zero-order valence-electron chi connectivity index (χ0n) is 13.1. The van der Waals surface area contributed by atoms with E-state index in [0.717, 1.165) is 12.1 Å². The second-order valence-corrected chi connectivity index (χ2v) is 5.38. The van der Waals surface area contributed by atoms with Crippen molar-refractivity contribution in [1.82, 2.24) is 5.32 Å². The Bertz CT molecular complexity index is 413. The van der Waals surface area contributed by atoms with Crippen LogP contribution >= 0.6 is 0 Å². The minimum absolute atomic E-state index is 0.0120. The third-order valence-corrected chi connectivity index (χ3v) is 2.85. The van der Waals surface area contributed by atoms with E-state index in [1.807, 2.05) is 13.0 Å². The minimum Gasteiger partial charge on any atom is -0.487 e. The summed E-state index contributed by atoms with van der Waals surface area (Å²) >= 11 is 0. The molecule has 0 spiro atoms. The predicted octanol–water partition coefficient (Wildman–Crippen LogP) is 2.35. The largest absolute Gasteiger partial charge is 0.487 e. The van der Waals surface area contributed by atoms with E-state index in [4.69, 9.17) is 9.47 Å². The molecule has 0 fully saturated rings. The molecule has 0 aromatic heterocycles. The van der Waals surface area contributed by atoms with Crippen molar-refractivity contribution >= 4 is 0 Å². The number of aliphatic hydroxyl groups is 1. The highest BCUT2D eigenvalue weighted by Gasteiger charge is 2.12. The van der Waals surface area contributed by atoms with Gasteiger partial charge in [-0.05, 0) is 25.5 Å². The number of aliphatic hydroxyl groups excluding tert-OH is 1. The third-order valence-electron chi connectivity index (χ3n) is 2.85. The molecule has 1 unspecified atom stereocenters. The second-order valence-electron chi connectivity index (χ2n) is 5.38. The molecule has 1 atom stereocenters. The Morgan fingerprint density at radius 2 is 2.05 bits per heavy atom. The lowest BCUT2D eigenvalue weighted by Crippen LogP contribution is -2.25. The van der Waals surface area contributed by atoms with Gasteiger partial charge in [-0.15, -0.1) is 0 Å². The molecular weight excluding hydrogens is 273 g/mol. The molecule has 0 aliphatic carbocycles. The maximum Gasteiger partial charge on any atom is 0.165 e. The molecule has 1 aromatic carbocycles. The van der Waals surface area contributed by atoms with Gasteiger partial charge in [0.05, 0.1) is 6.61 Å². The molecule has 2 N–H and O–H groups in total. The number of nitrogens with one attached hydrogen (secondary N) is 1. The SMILES string of the molecule is CCOCC(O)COc1c(F)cccc1CNCC(C)C. The quantitative estimate of drug-likeness (QED) is 0.696. The molecule has 21 heavy (non-hydrogen) atoms. The molecule has 0 bridgehead atoms. The van der Waals surface area contributed by atoms with Crippen LogP contribution in [-0.2, 0) is 11.3 Å². The van der Waals surface area contributed by atoms with E-state index in [9.17, 15) is 9.50 Å². The van der Waals surface area contributed by atoms with Gasteiger partial charge in [0.2, 0.25) is 0 Å². The Balaban J connectivity index is 2.58. The van der Waals surface area contributed by atoms with Crippen LogP contribution < -0.4 is 10.1 Å². The summed E-state index contributed by atoms with van der Waals surface area (Å²) in [6, 6.07) is 4.84. The van der Waals surface area contributed by atoms with Gasteiger partial charge in [-0.1, -0.05) is 26.0 Å². The minimum atomic E-state index is -0.763. The van der Waals surface area contributed by atoms with E-state index in [0.29, 0.717) is 19.1 Å². The van der Waals surface area contributed by atoms with Crippen molar-refractivity contribution in [1.29, 1.82) is 0 Å². The summed E-state index contributed by atoms with van der Waals surface area (Å²) in [7, 11) is 0. The standard InChI is InChI=1S/C16H26FNO3/c1-4-20-10-14(19)11-21-16-13(6-5-7-15(16)17)9-18-8-12(2)3/h5-7,12,14,18-19H,4,8-11H2,1-3H3. The maximum atomic E-state index is 13.9. The summed E-state index contributed by atoms with van der Waals surface area (Å²) in [6.07, 6.45) is -0.763. The maximum absolute atomic E-state index is 13.9. The lowest BCUT2D eigenvalue weighted by atomic mass is 10.1. The zero-order valence-corrected chi connectivity index (χ0v) is 13.1. The number of ether oxygens (including phenoxy) is 2. The van der Waals surface area contributed by atoms with E-state index in [2.05, 4.69) is 19.2 Å². The van der Waals surface area contributed by atoms with E-state index in [1.165, 1.54) is 6.07 Å². The van der Waals surface area contributed by atoms with Crippen molar-refractivity contribution < 1.29 is 19.0 Å². The fourth-order valence-electron chi connectivity index (χ4n) is 1.83. The van der Waals surface area contributed by atoms with Crippen molar-refractivity contribution in [2.45, 2.75) is 33.4 Å². The smallest absolute Gasteiger partial charge is 0.165 e. The summed E-state index contributed by atoms with van der Waals surface area (Å²) in [5, 5.41) is 12.9. The first-order valence-electron chi connectivity index (χ1n) is 7.41. The van der Waals surface area contributed by atoms with Crippen molar-refractivity contribution in [2.24, 2.45) is 5.92 Å². The number of halogens is 1. The number of benzene rings is 1. The summed E-state index contributed by atoms with van der Waals surface area (Å²) < 4.78 is 24.4. The molecule has 0 radical (unpaired) electrons. The van der Waals surface area contributed by atoms with E-state index in [1.54, 1.807) is 6.07 Å². The van der Waals surface area contributed by atoms with Crippen molar-refractivity contribution in [3.8, 4) is 5.75 Å². The van der Waals surface area contributed by atoms with Gasteiger partial charge < -0.3 is 19.9 Å². The third kappa shape index (κ3) is 6.89. The Kier molecular flexibility index (Phi) is 8.27. The average Bonchev–Trinajstić information content (AvgIpc) is 2.44. The van der Waals surface area contributed by atoms with Crippen molar-refractivity contribution in [3.05, 3.63) is 29.6 Å². The van der Waals surface area contributed by atoms with Gasteiger partial charge in [0.25, 0.3) is 0 Å². The van der Waals surface area contributed by atoms with Crippen LogP contribution in [0.25, 0.3) is 0 Å². The van der Waals surface area contributed by atoms with Crippen molar-refractivity contribution in [2.75, 3.05) is 26.4 Å². The fourth-order valence-corrected chi connectivity index (χ4v) is 1.83. The number of rotatable bonds is 10. The molecule has 0 heterocycles. The first-order chi connectivity index (χ1) is 10.0. The van der Waals surface area contributed by atoms with Gasteiger partial charge in [-0.3, -0.25) is 0 Å². The topological polar surface area (TPSA) is 50.7 Å². The number of para-hydroxylation sites is 1. The van der Waals surface area contributed by atoms with Crippen LogP contribution in [0.5, 0.6) is 5.75 Å². The lowest BCUT2D eigenvalue weighted by Gasteiger charge is -2.16. The van der Waals surface area contributed by atoms with Crippen LogP contribution in [0.1, 0.15) is 26.3 Å². The molecular formula is C16H26FNO3. The van der Waals surface area contributed by atoms with Crippen LogP contribution in [0, 0.1) is 11.7 Å². The highest BCUT2D eigenvalue weighted by atomic mass is 19.1. The monoisotopic (exact) mass is 299 g/mol. The van der Waals surface area contributed by atoms with Crippen LogP contribution in [-0.4, -0.2) is 37.6 Å². The van der Waals surface area contributed by atoms with Gasteiger partial charge in [-0.2, -0.15) is 0 Å². The van der Waals surface area contributed by atoms with Crippen LogP contribution in [0.2, 0.25) is 0 Å². The molecule has 0 aliphatic rings. The van der Waals surface area contributed by atoms with Gasteiger partial charge in [0.1, 0.15) is 12.7 Å². The molecule has 5 heteroatoms. The van der Waals surface area contributed by atoms with Gasteiger partial charge in [0, 0.05) is 18.7 Å². The molecule has 0 amide bonds. The normalized spacial score (nSPS) is 12.7. The first-order valence-corrected chi connectivity index (χ1v) is 7.41. The van der Waals surface area contributed by atoms with E-state index in [-0.39, 0.29) is 19.0 Å². The zero-order chi connectivity index (χ0) is 15.7. The summed E-state index contributed by atoms with van der Waals surface area (Å²) in [5.41, 5.74) is 0.749. The molecule has 4 nitrogen and oxygen atoms in total. The van der Waals surface area contributed by atoms with Crippen molar-refractivity contribution in [3.63, 3.8) is 0 Å². The van der Waals surface area contributed by atoms with Crippen LogP contribution in [0.4, 0.5) is 4.39 Å². The fraction of sp³-hybridized carbons (Fsp3) is 0.625. The van der Waals surface area contributed by atoms with Gasteiger partial charge in [-0.25, -0.2) is 4.39 Å². The lowest BCUT2D eigenvalue weighted by molar-refractivity contribution is 0.0155. The Labute approximate surface area is 126 Å². The first kappa shape index (κ1) is 17.9. The average molecular weight is 299 g/mol. The Morgan fingerprint density at radius 1 is 1.29 bits per heavy atom. The van der Waals surface area contributed by atoms with E-state index >= 15 is 0 Å². The molecule has 0 aliphatic heterocycles. The summed E-state index contributed by atoms with van der Waals surface area (Å²) in [4.78, 5) is 0. The molecule has 120 valence electrons. The number of hydrogen-bond acceptors (Lipinski definition) is 4. The predicted molar refractivity (Wildman–Crippen MR) is 80.9 cm³/mol. The Morgan fingerprint density at radius 3 is 2.71 bits per heavy atom. The number of hydrogen-bond donors (Lipinski definition) is 2. The molecule has 0 saturated carbocycles. The Hall–Kier alpha value is -1.17.